The number of hydrogen-bond donors (Lipinski definition) is 3. The number of carbonyl (C=O) groups excluding carboxylic acids is 2. The largest absolute Gasteiger partial charge is 0.488 e. The summed E-state index contributed by atoms with van der Waals surface area (Å²) in [6.45, 7) is 10.3. The molecule has 3 heterocycles. The van der Waals surface area contributed by atoms with Crippen molar-refractivity contribution in [3.63, 3.8) is 0 Å². The van der Waals surface area contributed by atoms with Crippen molar-refractivity contribution in [3.05, 3.63) is 59.2 Å². The Labute approximate surface area is 271 Å². The lowest BCUT2D eigenvalue weighted by atomic mass is 9.87. The predicted octanol–water partition coefficient (Wildman–Crippen LogP) is 4.72. The lowest BCUT2D eigenvalue weighted by Crippen LogP contribution is -2.42. The maximum atomic E-state index is 12.7. The Hall–Kier alpha value is -4.64. The fourth-order valence-electron chi connectivity index (χ4n) is 5.76. The number of imidazole rings is 1. The summed E-state index contributed by atoms with van der Waals surface area (Å²) in [6, 6.07) is 8.87. The lowest BCUT2D eigenvalue weighted by Gasteiger charge is -2.30. The van der Waals surface area contributed by atoms with Gasteiger partial charge in [-0.3, -0.25) is 19.5 Å². The van der Waals surface area contributed by atoms with Crippen LogP contribution in [0.5, 0.6) is 11.5 Å². The third kappa shape index (κ3) is 6.94. The Kier molecular flexibility index (Phi) is 10.4. The summed E-state index contributed by atoms with van der Waals surface area (Å²) in [5.41, 5.74) is 7.90. The maximum Gasteiger partial charge on any atom is 0.242 e. The summed E-state index contributed by atoms with van der Waals surface area (Å²) in [7, 11) is 4.01. The van der Waals surface area contributed by atoms with Gasteiger partial charge in [0.25, 0.3) is 0 Å². The molecule has 2 amide bonds. The molecule has 0 unspecified atom stereocenters. The van der Waals surface area contributed by atoms with Gasteiger partial charge in [-0.25, -0.2) is 4.98 Å². The van der Waals surface area contributed by atoms with Crippen molar-refractivity contribution >= 4 is 24.2 Å². The first-order valence-corrected chi connectivity index (χ1v) is 16.0. The summed E-state index contributed by atoms with van der Waals surface area (Å²) in [4.78, 5) is 40.0. The highest BCUT2D eigenvalue weighted by molar-refractivity contribution is 5.88. The number of aromatic amines is 1. The van der Waals surface area contributed by atoms with Gasteiger partial charge < -0.3 is 30.0 Å². The SMILES string of the molecule is CC[C@H](C)N(C)CC=N/C=C(\NC)c1cc2c3c(c1)OCc1cc(-c4cnc(CN(C(=O)CNC=O)[C@@H](C)CC)[nH]4)cc(c1-3)OC2. The number of nitrogens with one attached hydrogen (secondary N) is 3. The number of H-pyrrole nitrogens is 1. The molecular formula is C35H45N7O4. The number of nitrogens with zero attached hydrogens (tertiary/aromatic N) is 4. The zero-order valence-corrected chi connectivity index (χ0v) is 27.6. The average Bonchev–Trinajstić information content (AvgIpc) is 3.56. The Bertz CT molecular complexity index is 1580. The molecule has 0 saturated carbocycles. The third-order valence-corrected chi connectivity index (χ3v) is 9.03. The van der Waals surface area contributed by atoms with E-state index in [-0.39, 0.29) is 18.5 Å². The van der Waals surface area contributed by atoms with E-state index in [1.807, 2.05) is 39.4 Å². The molecule has 0 saturated heterocycles. The fraction of sp³-hybridized carbons (Fsp3) is 0.429. The van der Waals surface area contributed by atoms with Crippen molar-refractivity contribution in [2.75, 3.05) is 27.2 Å². The van der Waals surface area contributed by atoms with Crippen LogP contribution in [-0.2, 0) is 29.3 Å². The second kappa shape index (κ2) is 14.6. The van der Waals surface area contributed by atoms with Gasteiger partial charge in [-0.05, 0) is 58.0 Å². The van der Waals surface area contributed by atoms with E-state index in [2.05, 4.69) is 69.6 Å². The number of aromatic nitrogens is 2. The molecular weight excluding hydrogens is 582 g/mol. The Morgan fingerprint density at radius 1 is 1.07 bits per heavy atom. The molecule has 1 aromatic heterocycles. The second-order valence-corrected chi connectivity index (χ2v) is 11.9. The van der Waals surface area contributed by atoms with Crippen LogP contribution in [0.25, 0.3) is 28.1 Å². The maximum absolute atomic E-state index is 12.7. The third-order valence-electron chi connectivity index (χ3n) is 9.03. The summed E-state index contributed by atoms with van der Waals surface area (Å²) >= 11 is 0. The summed E-state index contributed by atoms with van der Waals surface area (Å²) in [5.74, 6) is 2.15. The van der Waals surface area contributed by atoms with Crippen molar-refractivity contribution in [1.29, 1.82) is 0 Å². The van der Waals surface area contributed by atoms with E-state index in [1.54, 1.807) is 11.1 Å². The van der Waals surface area contributed by atoms with E-state index in [0.29, 0.717) is 38.0 Å². The number of ether oxygens (including phenoxy) is 2. The first kappa shape index (κ1) is 32.7. The standard InChI is InChI=1S/C35H45N7O4/c1-7-22(3)41(6)10-9-37-15-28(36-5)24-11-26-19-46-31-14-25(12-27-20-45-30(13-24)34(26)35(27)31)29-16-39-32(40-29)18-42(23(4)8-2)33(44)17-38-21-43/h9,11-16,21-23,36H,7-8,10,17-20H2,1-6H3,(H,38,43)(H,39,40)/b28-15-,37-9?/t22-,23-/m0/s1. The second-order valence-electron chi connectivity index (χ2n) is 11.9. The number of carbonyl (C=O) groups is 2. The van der Waals surface area contributed by atoms with Crippen molar-refractivity contribution in [1.82, 2.24) is 30.4 Å². The van der Waals surface area contributed by atoms with Gasteiger partial charge in [0.1, 0.15) is 30.5 Å². The molecule has 2 atom stereocenters. The van der Waals surface area contributed by atoms with Crippen molar-refractivity contribution in [2.24, 2.45) is 4.99 Å². The Morgan fingerprint density at radius 2 is 1.76 bits per heavy atom. The van der Waals surface area contributed by atoms with Crippen LogP contribution in [0.15, 0.2) is 41.7 Å². The van der Waals surface area contributed by atoms with Crippen molar-refractivity contribution in [2.45, 2.75) is 72.4 Å². The van der Waals surface area contributed by atoms with E-state index < -0.39 is 0 Å². The normalized spacial score (nSPS) is 14.7. The first-order chi connectivity index (χ1) is 22.3. The Balaban J connectivity index is 1.38. The molecule has 3 aromatic rings. The van der Waals surface area contributed by atoms with Gasteiger partial charge in [0.2, 0.25) is 12.3 Å². The van der Waals surface area contributed by atoms with E-state index >= 15 is 0 Å². The fourth-order valence-corrected chi connectivity index (χ4v) is 5.76. The van der Waals surface area contributed by atoms with Crippen molar-refractivity contribution in [3.8, 4) is 33.9 Å². The molecule has 11 nitrogen and oxygen atoms in total. The number of hydrogen-bond acceptors (Lipinski definition) is 8. The average molecular weight is 628 g/mol. The van der Waals surface area contributed by atoms with E-state index in [1.165, 1.54) is 0 Å². The molecule has 0 radical (unpaired) electrons. The molecule has 2 aliphatic heterocycles. The van der Waals surface area contributed by atoms with Crippen LogP contribution in [-0.4, -0.2) is 77.6 Å². The van der Waals surface area contributed by atoms with Gasteiger partial charge >= 0.3 is 0 Å². The van der Waals surface area contributed by atoms with Crippen LogP contribution >= 0.6 is 0 Å². The van der Waals surface area contributed by atoms with Crippen molar-refractivity contribution < 1.29 is 19.1 Å². The van der Waals surface area contributed by atoms with Gasteiger partial charge in [-0.15, -0.1) is 0 Å². The molecule has 0 fully saturated rings. The first-order valence-electron chi connectivity index (χ1n) is 16.0. The molecule has 0 bridgehead atoms. The summed E-state index contributed by atoms with van der Waals surface area (Å²) in [6.07, 6.45) is 7.99. The quantitative estimate of drug-likeness (QED) is 0.165. The molecule has 2 aliphatic rings. The van der Waals surface area contributed by atoms with Gasteiger partial charge in [0.05, 0.1) is 36.9 Å². The molecule has 11 heteroatoms. The highest BCUT2D eigenvalue weighted by atomic mass is 16.5. The van der Waals surface area contributed by atoms with Crippen LogP contribution in [0.2, 0.25) is 0 Å². The highest BCUT2D eigenvalue weighted by Gasteiger charge is 2.30. The zero-order chi connectivity index (χ0) is 32.8. The minimum atomic E-state index is -0.157. The number of benzene rings is 2. The monoisotopic (exact) mass is 627 g/mol. The van der Waals surface area contributed by atoms with E-state index in [9.17, 15) is 9.59 Å². The number of aliphatic imine (C=N–C) groups is 1. The van der Waals surface area contributed by atoms with Gasteiger partial charge in [0, 0.05) is 65.3 Å². The molecule has 46 heavy (non-hydrogen) atoms. The van der Waals surface area contributed by atoms with Crippen LogP contribution in [0.4, 0.5) is 0 Å². The van der Waals surface area contributed by atoms with Crippen LogP contribution < -0.4 is 20.1 Å². The summed E-state index contributed by atoms with van der Waals surface area (Å²) in [5, 5.41) is 5.75. The lowest BCUT2D eigenvalue weighted by molar-refractivity contribution is -0.134. The topological polar surface area (TPSA) is 124 Å². The van der Waals surface area contributed by atoms with Gasteiger partial charge in [-0.1, -0.05) is 13.8 Å². The zero-order valence-electron chi connectivity index (χ0n) is 27.6. The minimum Gasteiger partial charge on any atom is -0.488 e. The molecule has 5 rings (SSSR count). The van der Waals surface area contributed by atoms with Crippen LogP contribution in [0.1, 0.15) is 63.1 Å². The van der Waals surface area contributed by atoms with Gasteiger partial charge in [0.15, 0.2) is 0 Å². The number of rotatable bonds is 15. The number of amides is 2. The molecule has 244 valence electrons. The van der Waals surface area contributed by atoms with Crippen LogP contribution in [0, 0.1) is 0 Å². The van der Waals surface area contributed by atoms with Crippen LogP contribution in [0.3, 0.4) is 0 Å². The highest BCUT2D eigenvalue weighted by Crippen LogP contribution is 2.50. The smallest absolute Gasteiger partial charge is 0.242 e. The summed E-state index contributed by atoms with van der Waals surface area (Å²) < 4.78 is 12.7. The van der Waals surface area contributed by atoms with Gasteiger partial charge in [-0.2, -0.15) is 0 Å². The molecule has 3 N–H and O–H groups in total. The molecule has 2 aromatic carbocycles. The van der Waals surface area contributed by atoms with E-state index in [4.69, 9.17) is 9.47 Å². The minimum absolute atomic E-state index is 0.00284. The Morgan fingerprint density at radius 3 is 2.43 bits per heavy atom. The molecule has 0 aliphatic carbocycles. The van der Waals surface area contributed by atoms with E-state index in [0.717, 1.165) is 75.7 Å². The predicted molar refractivity (Wildman–Crippen MR) is 180 cm³/mol. The molecule has 0 spiro atoms.